The lowest BCUT2D eigenvalue weighted by molar-refractivity contribution is 0.375. The zero-order chi connectivity index (χ0) is 15.7. The lowest BCUT2D eigenvalue weighted by Crippen LogP contribution is -2.49. The maximum absolute atomic E-state index is 6.42. The molecule has 2 aromatic carbocycles. The van der Waals surface area contributed by atoms with Gasteiger partial charge in [0.15, 0.2) is 0 Å². The van der Waals surface area contributed by atoms with E-state index in [4.69, 9.17) is 33.7 Å². The Bertz CT molecular complexity index is 727. The molecule has 7 heteroatoms. The largest absolute Gasteiger partial charge is 0.497 e. The number of nitrogens with zero attached hydrogens (tertiary/aromatic N) is 1. The summed E-state index contributed by atoms with van der Waals surface area (Å²) in [5.74, 6) is -0.351. The maximum atomic E-state index is 6.42. The zero-order valence-corrected chi connectivity index (χ0v) is 13.2. The Morgan fingerprint density at radius 1 is 1.18 bits per heavy atom. The van der Waals surface area contributed by atoms with Gasteiger partial charge in [0.05, 0.1) is 17.2 Å². The topological polar surface area (TPSA) is 71.7 Å². The van der Waals surface area contributed by atoms with Crippen LogP contribution in [0, 0.1) is 0 Å². The molecular weight excluding hydrogens is 323 g/mol. The predicted molar refractivity (Wildman–Crippen MR) is 89.1 cm³/mol. The highest BCUT2D eigenvalue weighted by atomic mass is 35.5. The van der Waals surface area contributed by atoms with Gasteiger partial charge < -0.3 is 10.2 Å². The summed E-state index contributed by atoms with van der Waals surface area (Å²) >= 11 is 12.8. The van der Waals surface area contributed by atoms with Gasteiger partial charge in [-0.1, -0.05) is 35.3 Å². The lowest BCUT2D eigenvalue weighted by atomic mass is 10.0. The maximum Gasteiger partial charge on any atom is 0.206 e. The number of aliphatic imine (C=N–C) groups is 1. The first-order valence-corrected chi connectivity index (χ1v) is 7.28. The van der Waals surface area contributed by atoms with Crippen LogP contribution in [-0.2, 0) is 5.79 Å². The number of hydrogen-bond acceptors (Lipinski definition) is 5. The third kappa shape index (κ3) is 2.64. The molecule has 0 spiro atoms. The van der Waals surface area contributed by atoms with Crippen molar-refractivity contribution >= 4 is 29.5 Å². The van der Waals surface area contributed by atoms with Crippen LogP contribution in [0.25, 0.3) is 11.1 Å². The third-order valence-electron chi connectivity index (χ3n) is 3.44. The molecule has 4 N–H and O–H groups in total. The molecule has 1 heterocycles. The molecule has 0 amide bonds. The Balaban J connectivity index is 2.08. The van der Waals surface area contributed by atoms with Crippen LogP contribution in [0.3, 0.4) is 0 Å². The smallest absolute Gasteiger partial charge is 0.206 e. The number of ether oxygens (including phenoxy) is 1. The fourth-order valence-electron chi connectivity index (χ4n) is 2.30. The monoisotopic (exact) mass is 336 g/mol. The predicted octanol–water partition coefficient (Wildman–Crippen LogP) is 2.87. The molecule has 1 atom stereocenters. The molecule has 3 rings (SSSR count). The van der Waals surface area contributed by atoms with E-state index in [2.05, 4.69) is 15.8 Å². The Morgan fingerprint density at radius 3 is 2.50 bits per heavy atom. The van der Waals surface area contributed by atoms with E-state index in [1.54, 1.807) is 19.2 Å². The van der Waals surface area contributed by atoms with Crippen molar-refractivity contribution < 1.29 is 4.74 Å². The van der Waals surface area contributed by atoms with E-state index in [0.717, 1.165) is 16.9 Å². The summed E-state index contributed by atoms with van der Waals surface area (Å²) in [6, 6.07) is 11.0. The summed E-state index contributed by atoms with van der Waals surface area (Å²) in [6.45, 7) is 0. The molecule has 0 bridgehead atoms. The molecule has 2 aromatic rings. The Hall–Kier alpha value is -1.79. The fourth-order valence-corrected chi connectivity index (χ4v) is 3.01. The van der Waals surface area contributed by atoms with E-state index >= 15 is 0 Å². The van der Waals surface area contributed by atoms with Crippen molar-refractivity contribution in [2.45, 2.75) is 5.79 Å². The first kappa shape index (κ1) is 15.1. The molecular formula is C15H14Cl2N4O. The number of hydrogen-bond donors (Lipinski definition) is 3. The molecule has 1 aliphatic rings. The summed E-state index contributed by atoms with van der Waals surface area (Å²) in [4.78, 5) is 4.14. The first-order valence-electron chi connectivity index (χ1n) is 6.53. The minimum absolute atomic E-state index is 0.490. The van der Waals surface area contributed by atoms with Crippen molar-refractivity contribution in [2.75, 3.05) is 7.11 Å². The van der Waals surface area contributed by atoms with Gasteiger partial charge in [0.25, 0.3) is 0 Å². The second-order valence-electron chi connectivity index (χ2n) is 4.84. The average Bonchev–Trinajstić information content (AvgIpc) is 2.95. The van der Waals surface area contributed by atoms with Crippen molar-refractivity contribution in [1.82, 2.24) is 10.9 Å². The zero-order valence-electron chi connectivity index (χ0n) is 11.7. The van der Waals surface area contributed by atoms with Gasteiger partial charge in [0, 0.05) is 11.1 Å². The normalized spacial score (nSPS) is 20.0. The van der Waals surface area contributed by atoms with Crippen LogP contribution in [0.4, 0.5) is 0 Å². The van der Waals surface area contributed by atoms with Crippen LogP contribution >= 0.6 is 23.2 Å². The molecule has 0 saturated heterocycles. The van der Waals surface area contributed by atoms with Crippen LogP contribution in [0.15, 0.2) is 41.4 Å². The van der Waals surface area contributed by atoms with Crippen molar-refractivity contribution in [3.8, 4) is 16.9 Å². The highest BCUT2D eigenvalue weighted by molar-refractivity contribution is 6.39. The molecule has 0 radical (unpaired) electrons. The molecule has 0 saturated carbocycles. The molecule has 114 valence electrons. The number of nitrogens with one attached hydrogen (secondary N) is 2. The van der Waals surface area contributed by atoms with Gasteiger partial charge in [0.1, 0.15) is 12.1 Å². The number of benzene rings is 2. The van der Waals surface area contributed by atoms with Crippen LogP contribution in [0.2, 0.25) is 10.0 Å². The Labute approximate surface area is 138 Å². The highest BCUT2D eigenvalue weighted by Gasteiger charge is 2.30. The summed E-state index contributed by atoms with van der Waals surface area (Å²) in [5.41, 5.74) is 14.0. The first-order chi connectivity index (χ1) is 10.5. The van der Waals surface area contributed by atoms with Gasteiger partial charge in [0.2, 0.25) is 5.79 Å². The van der Waals surface area contributed by atoms with Crippen molar-refractivity contribution in [3.63, 3.8) is 0 Å². The van der Waals surface area contributed by atoms with E-state index in [1.165, 1.54) is 6.34 Å². The Morgan fingerprint density at radius 2 is 1.91 bits per heavy atom. The molecule has 0 aliphatic carbocycles. The quantitative estimate of drug-likeness (QED) is 0.805. The number of hydrazine groups is 1. The van der Waals surface area contributed by atoms with Gasteiger partial charge in [-0.05, 0) is 29.8 Å². The highest BCUT2D eigenvalue weighted by Crippen LogP contribution is 2.38. The number of nitrogens with two attached hydrogens (primary N) is 1. The summed E-state index contributed by atoms with van der Waals surface area (Å²) < 4.78 is 5.23. The minimum Gasteiger partial charge on any atom is -0.497 e. The van der Waals surface area contributed by atoms with Crippen molar-refractivity contribution in [1.29, 1.82) is 0 Å². The van der Waals surface area contributed by atoms with E-state index in [1.807, 2.05) is 24.3 Å². The van der Waals surface area contributed by atoms with Gasteiger partial charge in [-0.3, -0.25) is 5.73 Å². The summed E-state index contributed by atoms with van der Waals surface area (Å²) in [7, 11) is 1.61. The third-order valence-corrected chi connectivity index (χ3v) is 4.03. The standard InChI is InChI=1S/C15H14Cl2N4O/c1-22-11-4-2-3-9(5-11)14-12(16)6-10(7-13(14)17)15(18)19-8-20-21-15/h2-8,21H,18H2,1H3,(H,19,20). The SMILES string of the molecule is COc1cccc(-c2c(Cl)cc(C3(N)N=CNN3)cc2Cl)c1. The van der Waals surface area contributed by atoms with Crippen LogP contribution in [-0.4, -0.2) is 13.4 Å². The molecule has 22 heavy (non-hydrogen) atoms. The van der Waals surface area contributed by atoms with E-state index in [0.29, 0.717) is 15.6 Å². The van der Waals surface area contributed by atoms with E-state index in [-0.39, 0.29) is 0 Å². The number of halogens is 2. The van der Waals surface area contributed by atoms with Gasteiger partial charge in [-0.2, -0.15) is 5.43 Å². The van der Waals surface area contributed by atoms with Crippen LogP contribution < -0.4 is 21.3 Å². The van der Waals surface area contributed by atoms with Gasteiger partial charge in [-0.15, -0.1) is 0 Å². The van der Waals surface area contributed by atoms with Gasteiger partial charge >= 0.3 is 0 Å². The summed E-state index contributed by atoms with van der Waals surface area (Å²) in [5, 5.41) is 0.981. The fraction of sp³-hybridized carbons (Fsp3) is 0.133. The molecule has 1 unspecified atom stereocenters. The Kier molecular flexibility index (Phi) is 3.97. The van der Waals surface area contributed by atoms with Crippen LogP contribution in [0.5, 0.6) is 5.75 Å². The number of rotatable bonds is 3. The van der Waals surface area contributed by atoms with Crippen molar-refractivity contribution in [2.24, 2.45) is 10.7 Å². The molecule has 0 aromatic heterocycles. The second-order valence-corrected chi connectivity index (χ2v) is 5.66. The molecule has 0 fully saturated rings. The van der Waals surface area contributed by atoms with Gasteiger partial charge in [-0.25, -0.2) is 4.99 Å². The second kappa shape index (κ2) is 5.78. The minimum atomic E-state index is -1.08. The average molecular weight is 337 g/mol. The molecule has 1 aliphatic heterocycles. The lowest BCUT2D eigenvalue weighted by Gasteiger charge is -2.22. The van der Waals surface area contributed by atoms with E-state index < -0.39 is 5.79 Å². The van der Waals surface area contributed by atoms with Crippen LogP contribution in [0.1, 0.15) is 5.56 Å². The van der Waals surface area contributed by atoms with Crippen molar-refractivity contribution in [3.05, 3.63) is 52.0 Å². The number of methoxy groups -OCH3 is 1. The van der Waals surface area contributed by atoms with E-state index in [9.17, 15) is 0 Å². The molecule has 5 nitrogen and oxygen atoms in total. The summed E-state index contributed by atoms with van der Waals surface area (Å²) in [6.07, 6.45) is 1.48.